The zero-order valence-electron chi connectivity index (χ0n) is 21.2. The summed E-state index contributed by atoms with van der Waals surface area (Å²) < 4.78 is 4.96. The Morgan fingerprint density at radius 3 is 2.32 bits per heavy atom. The molecule has 8 nitrogen and oxygen atoms in total. The summed E-state index contributed by atoms with van der Waals surface area (Å²) in [6.45, 7) is 7.47. The SMILES string of the molecule is CCC(C)(C)NC(=O)[C@H](c1ccccc1Cl)N(C(=O)CCC(=O)Nc1cc(C)on1)c1ccc(Cl)cc1. The van der Waals surface area contributed by atoms with Gasteiger partial charge in [0.05, 0.1) is 0 Å². The topological polar surface area (TPSA) is 105 Å². The Morgan fingerprint density at radius 1 is 1.05 bits per heavy atom. The van der Waals surface area contributed by atoms with Crippen LogP contribution in [0.4, 0.5) is 11.5 Å². The van der Waals surface area contributed by atoms with Crippen molar-refractivity contribution in [2.24, 2.45) is 0 Å². The van der Waals surface area contributed by atoms with E-state index in [1.165, 1.54) is 4.90 Å². The molecule has 0 aliphatic rings. The molecule has 196 valence electrons. The molecule has 0 aliphatic heterocycles. The standard InChI is InChI=1S/C27H30Cl2N4O4/c1-5-27(3,4)31-26(36)25(20-8-6-7-9-21(20)29)33(19-12-10-18(28)11-13-19)24(35)15-14-23(34)30-22-16-17(2)37-32-22/h6-13,16,25H,5,14-15H2,1-4H3,(H,31,36)(H,30,32,34)/t25-/m0/s1. The molecule has 3 amide bonds. The first-order chi connectivity index (χ1) is 17.5. The summed E-state index contributed by atoms with van der Waals surface area (Å²) in [5, 5.41) is 10.2. The molecule has 0 spiro atoms. The first-order valence-corrected chi connectivity index (χ1v) is 12.6. The summed E-state index contributed by atoms with van der Waals surface area (Å²) in [5.41, 5.74) is 0.372. The number of hydrogen-bond donors (Lipinski definition) is 2. The van der Waals surface area contributed by atoms with Gasteiger partial charge in [0.25, 0.3) is 0 Å². The molecule has 0 radical (unpaired) electrons. The lowest BCUT2D eigenvalue weighted by molar-refractivity contribution is -0.128. The number of carbonyl (C=O) groups excluding carboxylic acids is 3. The maximum atomic E-state index is 13.8. The number of aryl methyl sites for hydroxylation is 1. The Hall–Kier alpha value is -3.36. The minimum absolute atomic E-state index is 0.133. The van der Waals surface area contributed by atoms with Gasteiger partial charge in [-0.2, -0.15) is 0 Å². The third-order valence-electron chi connectivity index (χ3n) is 5.89. The van der Waals surface area contributed by atoms with Crippen LogP contribution < -0.4 is 15.5 Å². The van der Waals surface area contributed by atoms with Crippen molar-refractivity contribution in [2.75, 3.05) is 10.2 Å². The molecular weight excluding hydrogens is 515 g/mol. The van der Waals surface area contributed by atoms with Gasteiger partial charge >= 0.3 is 0 Å². The molecule has 0 saturated carbocycles. The number of amides is 3. The molecule has 10 heteroatoms. The van der Waals surface area contributed by atoms with Crippen LogP contribution >= 0.6 is 23.2 Å². The van der Waals surface area contributed by atoms with Crippen molar-refractivity contribution in [3.63, 3.8) is 0 Å². The van der Waals surface area contributed by atoms with Crippen molar-refractivity contribution in [3.05, 3.63) is 76.0 Å². The van der Waals surface area contributed by atoms with Gasteiger partial charge in [0, 0.05) is 45.7 Å². The molecule has 2 aromatic carbocycles. The van der Waals surface area contributed by atoms with Crippen LogP contribution in [0.15, 0.2) is 59.1 Å². The van der Waals surface area contributed by atoms with Crippen molar-refractivity contribution < 1.29 is 18.9 Å². The van der Waals surface area contributed by atoms with Gasteiger partial charge in [0.15, 0.2) is 5.82 Å². The van der Waals surface area contributed by atoms with Gasteiger partial charge in [0.2, 0.25) is 17.7 Å². The molecule has 3 aromatic rings. The van der Waals surface area contributed by atoms with E-state index in [2.05, 4.69) is 15.8 Å². The van der Waals surface area contributed by atoms with Crippen LogP contribution in [0.25, 0.3) is 0 Å². The number of nitrogens with one attached hydrogen (secondary N) is 2. The first-order valence-electron chi connectivity index (χ1n) is 11.9. The fraction of sp³-hybridized carbons (Fsp3) is 0.333. The summed E-state index contributed by atoms with van der Waals surface area (Å²) >= 11 is 12.6. The van der Waals surface area contributed by atoms with Gasteiger partial charge in [-0.15, -0.1) is 0 Å². The number of rotatable bonds is 10. The van der Waals surface area contributed by atoms with E-state index in [0.29, 0.717) is 33.5 Å². The second kappa shape index (κ2) is 12.3. The summed E-state index contributed by atoms with van der Waals surface area (Å²) in [7, 11) is 0. The number of benzene rings is 2. The van der Waals surface area contributed by atoms with Crippen molar-refractivity contribution in [2.45, 2.75) is 58.5 Å². The highest BCUT2D eigenvalue weighted by Gasteiger charge is 2.36. The second-order valence-corrected chi connectivity index (χ2v) is 10.1. The van der Waals surface area contributed by atoms with Gasteiger partial charge in [-0.1, -0.05) is 53.5 Å². The number of carbonyl (C=O) groups is 3. The summed E-state index contributed by atoms with van der Waals surface area (Å²) in [5.74, 6) is -0.443. The van der Waals surface area contributed by atoms with E-state index in [-0.39, 0.29) is 18.7 Å². The first kappa shape index (κ1) is 28.2. The van der Waals surface area contributed by atoms with Gasteiger partial charge in [-0.05, 0) is 57.5 Å². The minimum atomic E-state index is -1.09. The largest absolute Gasteiger partial charge is 0.360 e. The maximum absolute atomic E-state index is 13.8. The number of nitrogens with zero attached hydrogens (tertiary/aromatic N) is 2. The van der Waals surface area contributed by atoms with E-state index in [0.717, 1.165) is 0 Å². The smallest absolute Gasteiger partial charge is 0.248 e. The lowest BCUT2D eigenvalue weighted by atomic mass is 9.98. The van der Waals surface area contributed by atoms with Gasteiger partial charge in [-0.25, -0.2) is 0 Å². The molecule has 37 heavy (non-hydrogen) atoms. The highest BCUT2D eigenvalue weighted by molar-refractivity contribution is 6.32. The predicted molar refractivity (Wildman–Crippen MR) is 145 cm³/mol. The molecule has 1 heterocycles. The lowest BCUT2D eigenvalue weighted by Gasteiger charge is -2.35. The summed E-state index contributed by atoms with van der Waals surface area (Å²) in [6, 6.07) is 13.9. The van der Waals surface area contributed by atoms with E-state index in [4.69, 9.17) is 27.7 Å². The molecule has 0 unspecified atom stereocenters. The average molecular weight is 545 g/mol. The molecule has 3 rings (SSSR count). The zero-order chi connectivity index (χ0) is 27.2. The van der Waals surface area contributed by atoms with Crippen molar-refractivity contribution >= 4 is 52.4 Å². The van der Waals surface area contributed by atoms with Gasteiger partial charge < -0.3 is 15.2 Å². The molecule has 0 saturated heterocycles. The van der Waals surface area contributed by atoms with Crippen molar-refractivity contribution in [1.82, 2.24) is 10.5 Å². The fourth-order valence-electron chi connectivity index (χ4n) is 3.60. The molecule has 1 aromatic heterocycles. The minimum Gasteiger partial charge on any atom is -0.360 e. The van der Waals surface area contributed by atoms with E-state index < -0.39 is 29.3 Å². The predicted octanol–water partition coefficient (Wildman–Crippen LogP) is 6.09. The second-order valence-electron chi connectivity index (χ2n) is 9.26. The molecule has 0 fully saturated rings. The normalized spacial score (nSPS) is 12.1. The van der Waals surface area contributed by atoms with E-state index in [1.807, 2.05) is 20.8 Å². The monoisotopic (exact) mass is 544 g/mol. The number of aromatic nitrogens is 1. The quantitative estimate of drug-likeness (QED) is 0.321. The van der Waals surface area contributed by atoms with Crippen LogP contribution in [0.2, 0.25) is 10.0 Å². The van der Waals surface area contributed by atoms with Crippen molar-refractivity contribution in [1.29, 1.82) is 0 Å². The van der Waals surface area contributed by atoms with E-state index >= 15 is 0 Å². The lowest BCUT2D eigenvalue weighted by Crippen LogP contribution is -2.50. The molecule has 2 N–H and O–H groups in total. The van der Waals surface area contributed by atoms with Crippen molar-refractivity contribution in [3.8, 4) is 0 Å². The van der Waals surface area contributed by atoms with Gasteiger partial charge in [-0.3, -0.25) is 19.3 Å². The highest BCUT2D eigenvalue weighted by Crippen LogP contribution is 2.34. The third kappa shape index (κ3) is 7.57. The Labute approximate surface area is 226 Å². The van der Waals surface area contributed by atoms with Crippen LogP contribution in [0.5, 0.6) is 0 Å². The summed E-state index contributed by atoms with van der Waals surface area (Å²) in [6.07, 6.45) is 0.368. The molecule has 1 atom stereocenters. The Balaban J connectivity index is 1.97. The van der Waals surface area contributed by atoms with Gasteiger partial charge in [0.1, 0.15) is 11.8 Å². The fourth-order valence-corrected chi connectivity index (χ4v) is 3.96. The van der Waals surface area contributed by atoms with Crippen LogP contribution in [-0.4, -0.2) is 28.4 Å². The van der Waals surface area contributed by atoms with E-state index in [9.17, 15) is 14.4 Å². The van der Waals surface area contributed by atoms with Crippen LogP contribution in [0, 0.1) is 6.92 Å². The number of hydrogen-bond acceptors (Lipinski definition) is 5. The zero-order valence-corrected chi connectivity index (χ0v) is 22.7. The number of anilines is 2. The summed E-state index contributed by atoms with van der Waals surface area (Å²) in [4.78, 5) is 41.3. The molecule has 0 aliphatic carbocycles. The van der Waals surface area contributed by atoms with Crippen LogP contribution in [0.3, 0.4) is 0 Å². The maximum Gasteiger partial charge on any atom is 0.248 e. The Bertz CT molecular complexity index is 1260. The van der Waals surface area contributed by atoms with Crippen LogP contribution in [-0.2, 0) is 14.4 Å². The van der Waals surface area contributed by atoms with Crippen LogP contribution in [0.1, 0.15) is 57.4 Å². The molecular formula is C27H30Cl2N4O4. The third-order valence-corrected chi connectivity index (χ3v) is 6.48. The van der Waals surface area contributed by atoms with E-state index in [1.54, 1.807) is 61.5 Å². The Morgan fingerprint density at radius 2 is 1.73 bits per heavy atom. The number of halogens is 2. The molecule has 0 bridgehead atoms. The average Bonchev–Trinajstić information content (AvgIpc) is 3.26. The highest BCUT2D eigenvalue weighted by atomic mass is 35.5. The Kier molecular flexibility index (Phi) is 9.34.